The molecule has 0 bridgehead atoms. The second kappa shape index (κ2) is 3.85. The lowest BCUT2D eigenvalue weighted by Gasteiger charge is -2.13. The standard InChI is InChI=1S/C12H13FN2/c1-8(2)15-12-9-5-3-4-6-11(9)14-7-10(12)13/h3-8H,1-2H3,(H,14,15). The molecule has 0 atom stereocenters. The molecule has 0 aliphatic carbocycles. The van der Waals surface area contributed by atoms with Crippen molar-refractivity contribution in [2.75, 3.05) is 5.32 Å². The molecule has 0 radical (unpaired) electrons. The van der Waals surface area contributed by atoms with Crippen molar-refractivity contribution in [2.45, 2.75) is 19.9 Å². The lowest BCUT2D eigenvalue weighted by molar-refractivity contribution is 0.624. The molecule has 2 aromatic rings. The molecule has 0 saturated heterocycles. The van der Waals surface area contributed by atoms with E-state index in [1.165, 1.54) is 6.20 Å². The zero-order chi connectivity index (χ0) is 10.8. The number of hydrogen-bond donors (Lipinski definition) is 1. The minimum Gasteiger partial charge on any atom is -0.380 e. The summed E-state index contributed by atoms with van der Waals surface area (Å²) in [7, 11) is 0. The average molecular weight is 204 g/mol. The van der Waals surface area contributed by atoms with Crippen molar-refractivity contribution >= 4 is 16.6 Å². The predicted octanol–water partition coefficient (Wildman–Crippen LogP) is 3.19. The third kappa shape index (κ3) is 1.91. The number of pyridine rings is 1. The van der Waals surface area contributed by atoms with Gasteiger partial charge in [-0.2, -0.15) is 0 Å². The van der Waals surface area contributed by atoms with Crippen LogP contribution >= 0.6 is 0 Å². The minimum absolute atomic E-state index is 0.199. The summed E-state index contributed by atoms with van der Waals surface area (Å²) in [5.41, 5.74) is 1.35. The van der Waals surface area contributed by atoms with Crippen molar-refractivity contribution in [3.05, 3.63) is 36.3 Å². The lowest BCUT2D eigenvalue weighted by Crippen LogP contribution is -2.11. The number of anilines is 1. The van der Waals surface area contributed by atoms with Gasteiger partial charge in [0.15, 0.2) is 5.82 Å². The highest BCUT2D eigenvalue weighted by atomic mass is 19.1. The molecule has 78 valence electrons. The molecule has 1 aromatic heterocycles. The molecule has 1 heterocycles. The van der Waals surface area contributed by atoms with Gasteiger partial charge in [0.25, 0.3) is 0 Å². The normalized spacial score (nSPS) is 10.9. The van der Waals surface area contributed by atoms with Crippen LogP contribution < -0.4 is 5.32 Å². The fourth-order valence-corrected chi connectivity index (χ4v) is 1.55. The summed E-state index contributed by atoms with van der Waals surface area (Å²) in [6.45, 7) is 3.96. The average Bonchev–Trinajstić information content (AvgIpc) is 2.22. The van der Waals surface area contributed by atoms with Gasteiger partial charge >= 0.3 is 0 Å². The number of hydrogen-bond acceptors (Lipinski definition) is 2. The number of aromatic nitrogens is 1. The van der Waals surface area contributed by atoms with E-state index in [0.29, 0.717) is 5.69 Å². The number of nitrogens with zero attached hydrogens (tertiary/aromatic N) is 1. The van der Waals surface area contributed by atoms with E-state index >= 15 is 0 Å². The maximum Gasteiger partial charge on any atom is 0.165 e. The minimum atomic E-state index is -0.303. The van der Waals surface area contributed by atoms with Crippen molar-refractivity contribution in [3.63, 3.8) is 0 Å². The SMILES string of the molecule is CC(C)Nc1c(F)cnc2ccccc12. The Balaban J connectivity index is 2.63. The Hall–Kier alpha value is -1.64. The number of para-hydroxylation sites is 1. The zero-order valence-corrected chi connectivity index (χ0v) is 8.79. The van der Waals surface area contributed by atoms with Crippen LogP contribution in [0, 0.1) is 5.82 Å². The molecule has 3 heteroatoms. The summed E-state index contributed by atoms with van der Waals surface area (Å²) < 4.78 is 13.6. The summed E-state index contributed by atoms with van der Waals surface area (Å²) in [6.07, 6.45) is 1.26. The smallest absolute Gasteiger partial charge is 0.165 e. The van der Waals surface area contributed by atoms with Crippen molar-refractivity contribution in [3.8, 4) is 0 Å². The van der Waals surface area contributed by atoms with Gasteiger partial charge in [-0.1, -0.05) is 18.2 Å². The Labute approximate surface area is 88.1 Å². The Morgan fingerprint density at radius 2 is 2.00 bits per heavy atom. The number of nitrogens with one attached hydrogen (secondary N) is 1. The number of rotatable bonds is 2. The Bertz CT molecular complexity index is 480. The van der Waals surface area contributed by atoms with E-state index in [1.807, 2.05) is 38.1 Å². The van der Waals surface area contributed by atoms with Crippen LogP contribution in [0.1, 0.15) is 13.8 Å². The maximum atomic E-state index is 13.6. The largest absolute Gasteiger partial charge is 0.380 e. The summed E-state index contributed by atoms with van der Waals surface area (Å²) in [4.78, 5) is 4.03. The molecular formula is C12H13FN2. The van der Waals surface area contributed by atoms with Crippen molar-refractivity contribution in [1.82, 2.24) is 4.98 Å². The molecule has 2 rings (SSSR count). The molecule has 0 fully saturated rings. The first-order valence-electron chi connectivity index (χ1n) is 4.98. The maximum absolute atomic E-state index is 13.6. The van der Waals surface area contributed by atoms with Crippen molar-refractivity contribution in [2.24, 2.45) is 0 Å². The fraction of sp³-hybridized carbons (Fsp3) is 0.250. The number of fused-ring (bicyclic) bond motifs is 1. The highest BCUT2D eigenvalue weighted by molar-refractivity contribution is 5.91. The second-order valence-electron chi connectivity index (χ2n) is 3.80. The molecule has 0 spiro atoms. The van der Waals surface area contributed by atoms with Crippen LogP contribution in [-0.2, 0) is 0 Å². The Morgan fingerprint density at radius 3 is 2.73 bits per heavy atom. The molecule has 1 N–H and O–H groups in total. The summed E-state index contributed by atoms with van der Waals surface area (Å²) in [5.74, 6) is -0.303. The third-order valence-electron chi connectivity index (χ3n) is 2.16. The molecule has 2 nitrogen and oxygen atoms in total. The van der Waals surface area contributed by atoms with E-state index in [-0.39, 0.29) is 11.9 Å². The summed E-state index contributed by atoms with van der Waals surface area (Å²) in [6, 6.07) is 7.72. The van der Waals surface area contributed by atoms with Crippen LogP contribution in [-0.4, -0.2) is 11.0 Å². The highest BCUT2D eigenvalue weighted by Crippen LogP contribution is 2.24. The first-order valence-corrected chi connectivity index (χ1v) is 4.98. The van der Waals surface area contributed by atoms with Gasteiger partial charge in [-0.3, -0.25) is 4.98 Å². The Kier molecular flexibility index (Phi) is 2.54. The van der Waals surface area contributed by atoms with Crippen LogP contribution in [0.2, 0.25) is 0 Å². The quantitative estimate of drug-likeness (QED) is 0.812. The van der Waals surface area contributed by atoms with Crippen LogP contribution in [0.15, 0.2) is 30.5 Å². The molecule has 0 aliphatic rings. The van der Waals surface area contributed by atoms with E-state index in [0.717, 1.165) is 10.9 Å². The van der Waals surface area contributed by atoms with Crippen LogP contribution in [0.4, 0.5) is 10.1 Å². The monoisotopic (exact) mass is 204 g/mol. The molecule has 15 heavy (non-hydrogen) atoms. The molecule has 0 aliphatic heterocycles. The first-order chi connectivity index (χ1) is 7.18. The van der Waals surface area contributed by atoms with Gasteiger partial charge in [-0.15, -0.1) is 0 Å². The molecular weight excluding hydrogens is 191 g/mol. The van der Waals surface area contributed by atoms with Gasteiger partial charge in [0, 0.05) is 11.4 Å². The van der Waals surface area contributed by atoms with Gasteiger partial charge in [0.05, 0.1) is 17.4 Å². The zero-order valence-electron chi connectivity index (χ0n) is 8.79. The van der Waals surface area contributed by atoms with Crippen LogP contribution in [0.5, 0.6) is 0 Å². The number of benzene rings is 1. The fourth-order valence-electron chi connectivity index (χ4n) is 1.55. The predicted molar refractivity (Wildman–Crippen MR) is 60.5 cm³/mol. The van der Waals surface area contributed by atoms with Crippen molar-refractivity contribution in [1.29, 1.82) is 0 Å². The molecule has 0 amide bonds. The van der Waals surface area contributed by atoms with E-state index in [2.05, 4.69) is 10.3 Å². The van der Waals surface area contributed by atoms with E-state index in [1.54, 1.807) is 0 Å². The van der Waals surface area contributed by atoms with Gasteiger partial charge in [-0.25, -0.2) is 4.39 Å². The number of halogens is 1. The van der Waals surface area contributed by atoms with E-state index in [9.17, 15) is 4.39 Å². The topological polar surface area (TPSA) is 24.9 Å². The van der Waals surface area contributed by atoms with E-state index in [4.69, 9.17) is 0 Å². The molecule has 0 saturated carbocycles. The molecule has 0 unspecified atom stereocenters. The first kappa shape index (κ1) is 9.90. The second-order valence-corrected chi connectivity index (χ2v) is 3.80. The van der Waals surface area contributed by atoms with Gasteiger partial charge in [0.1, 0.15) is 0 Å². The van der Waals surface area contributed by atoms with Crippen LogP contribution in [0.25, 0.3) is 10.9 Å². The van der Waals surface area contributed by atoms with Gasteiger partial charge < -0.3 is 5.32 Å². The third-order valence-corrected chi connectivity index (χ3v) is 2.16. The summed E-state index contributed by atoms with van der Waals surface area (Å²) in [5, 5.41) is 3.93. The van der Waals surface area contributed by atoms with Crippen LogP contribution in [0.3, 0.4) is 0 Å². The van der Waals surface area contributed by atoms with Crippen molar-refractivity contribution < 1.29 is 4.39 Å². The molecule has 1 aromatic carbocycles. The highest BCUT2D eigenvalue weighted by Gasteiger charge is 2.08. The van der Waals surface area contributed by atoms with E-state index < -0.39 is 0 Å². The lowest BCUT2D eigenvalue weighted by atomic mass is 10.1. The van der Waals surface area contributed by atoms with Gasteiger partial charge in [-0.05, 0) is 19.9 Å². The Morgan fingerprint density at radius 1 is 1.27 bits per heavy atom. The summed E-state index contributed by atoms with van der Waals surface area (Å²) >= 11 is 0. The van der Waals surface area contributed by atoms with Gasteiger partial charge in [0.2, 0.25) is 0 Å².